The van der Waals surface area contributed by atoms with Crippen LogP contribution in [0, 0.1) is 0 Å². The molecule has 0 spiro atoms. The Morgan fingerprint density at radius 1 is 0.771 bits per heavy atom. The molecule has 5 aromatic carbocycles. The summed E-state index contributed by atoms with van der Waals surface area (Å²) in [6.07, 6.45) is 1.74. The van der Waals surface area contributed by atoms with Gasteiger partial charge in [-0.25, -0.2) is 0 Å². The van der Waals surface area contributed by atoms with Crippen LogP contribution in [-0.2, 0) is 14.4 Å². The molecule has 1 aliphatic rings. The third kappa shape index (κ3) is 4.56. The van der Waals surface area contributed by atoms with E-state index in [1.54, 1.807) is 13.0 Å². The number of hydrogen-bond acceptors (Lipinski definition) is 11. The van der Waals surface area contributed by atoms with Crippen molar-refractivity contribution in [3.05, 3.63) is 49.3 Å². The highest BCUT2D eigenvalue weighted by Gasteiger charge is 2.37. The molecule has 1 unspecified atom stereocenters. The SMILES string of the molecule is COc1c(O)c2c(=O)cc(OC)c3c4c(OC)cc(=O)c5c(NCCCC(=O)O)c(NCC(=O)O)c6c(c(c1C(C(C)=O)C(C)=C6)c23)c54. The van der Waals surface area contributed by atoms with E-state index in [2.05, 4.69) is 10.6 Å². The van der Waals surface area contributed by atoms with Gasteiger partial charge in [-0.3, -0.25) is 24.0 Å². The number of ether oxygens (including phenoxy) is 3. The van der Waals surface area contributed by atoms with E-state index in [1.807, 2.05) is 0 Å². The highest BCUT2D eigenvalue weighted by atomic mass is 16.5. The number of carbonyl (C=O) groups is 3. The summed E-state index contributed by atoms with van der Waals surface area (Å²) in [5, 5.41) is 38.9. The van der Waals surface area contributed by atoms with Crippen LogP contribution in [-0.4, -0.2) is 67.5 Å². The molecule has 5 aromatic rings. The molecule has 13 heteroatoms. The highest BCUT2D eigenvalue weighted by molar-refractivity contribution is 6.40. The molecule has 0 aliphatic heterocycles. The first-order chi connectivity index (χ1) is 22.9. The molecule has 1 atom stereocenters. The standard InChI is InChI=1S/C35H32N2O11/c1-13-9-15-23-28-24(33(32(15)37-12-21(43)44)36-8-6-7-20(41)42)16(39)10-18(46-3)26(28)27-19(47-4)11-17(40)25-30(27)29(23)31(22(13)14(2)38)35(48-5)34(25)45/h9-11,22,36-37,45H,6-8,12H2,1-5H3,(H,41,42)(H,43,44). The van der Waals surface area contributed by atoms with Gasteiger partial charge >= 0.3 is 11.9 Å². The van der Waals surface area contributed by atoms with E-state index in [9.17, 15) is 39.3 Å². The van der Waals surface area contributed by atoms with Crippen LogP contribution in [0.4, 0.5) is 11.4 Å². The summed E-state index contributed by atoms with van der Waals surface area (Å²) in [5.74, 6) is -3.78. The van der Waals surface area contributed by atoms with E-state index < -0.39 is 41.0 Å². The molecule has 13 nitrogen and oxygen atoms in total. The number of carboxylic acid groups (broad SMARTS) is 2. The number of carbonyl (C=O) groups excluding carboxylic acids is 1. The second-order valence-electron chi connectivity index (χ2n) is 11.7. The van der Waals surface area contributed by atoms with Crippen LogP contribution in [0.5, 0.6) is 23.0 Å². The van der Waals surface area contributed by atoms with Crippen LogP contribution < -0.4 is 35.7 Å². The summed E-state index contributed by atoms with van der Waals surface area (Å²) in [4.78, 5) is 64.6. The van der Waals surface area contributed by atoms with Crippen molar-refractivity contribution in [2.24, 2.45) is 0 Å². The number of nitrogens with one attached hydrogen (secondary N) is 2. The molecule has 48 heavy (non-hydrogen) atoms. The van der Waals surface area contributed by atoms with Crippen molar-refractivity contribution in [2.75, 3.05) is 45.1 Å². The van der Waals surface area contributed by atoms with Gasteiger partial charge in [0.25, 0.3) is 0 Å². The number of methoxy groups -OCH3 is 3. The number of aromatic hydroxyl groups is 1. The van der Waals surface area contributed by atoms with Crippen LogP contribution in [0.25, 0.3) is 49.2 Å². The minimum atomic E-state index is -1.19. The second-order valence-corrected chi connectivity index (χ2v) is 11.7. The number of aliphatic carboxylic acids is 2. The average molecular weight is 657 g/mol. The number of hydrogen-bond donors (Lipinski definition) is 5. The van der Waals surface area contributed by atoms with Gasteiger partial charge in [-0.1, -0.05) is 11.6 Å². The predicted octanol–water partition coefficient (Wildman–Crippen LogP) is 4.49. The molecule has 0 heterocycles. The number of anilines is 2. The van der Waals surface area contributed by atoms with E-state index in [0.717, 1.165) is 0 Å². The van der Waals surface area contributed by atoms with Gasteiger partial charge in [-0.15, -0.1) is 0 Å². The largest absolute Gasteiger partial charge is 0.504 e. The Hall–Kier alpha value is -5.85. The van der Waals surface area contributed by atoms with Gasteiger partial charge in [0.1, 0.15) is 23.8 Å². The molecule has 6 rings (SSSR count). The molecular formula is C35H32N2O11. The summed E-state index contributed by atoms with van der Waals surface area (Å²) in [7, 11) is 4.08. The van der Waals surface area contributed by atoms with Gasteiger partial charge in [0, 0.05) is 63.2 Å². The first-order valence-electron chi connectivity index (χ1n) is 15.0. The number of Topliss-reactive ketones (excluding diaryl/α,β-unsaturated/α-hetero) is 1. The molecule has 0 radical (unpaired) electrons. The number of rotatable bonds is 12. The van der Waals surface area contributed by atoms with Crippen molar-refractivity contribution in [3.63, 3.8) is 0 Å². The lowest BCUT2D eigenvalue weighted by Gasteiger charge is -2.26. The van der Waals surface area contributed by atoms with Gasteiger partial charge in [0.15, 0.2) is 22.4 Å². The molecule has 0 amide bonds. The van der Waals surface area contributed by atoms with Crippen LogP contribution >= 0.6 is 0 Å². The smallest absolute Gasteiger partial charge is 0.322 e. The number of ketones is 1. The first kappa shape index (κ1) is 32.1. The Bertz CT molecular complexity index is 2360. The number of allylic oxidation sites excluding steroid dienone is 1. The van der Waals surface area contributed by atoms with Gasteiger partial charge in [0.05, 0.1) is 49.4 Å². The zero-order valence-corrected chi connectivity index (χ0v) is 26.7. The molecular weight excluding hydrogens is 624 g/mol. The highest BCUT2D eigenvalue weighted by Crippen LogP contribution is 2.58. The maximum Gasteiger partial charge on any atom is 0.322 e. The molecule has 0 fully saturated rings. The topological polar surface area (TPSA) is 198 Å². The Kier molecular flexibility index (Phi) is 7.86. The van der Waals surface area contributed by atoms with Gasteiger partial charge < -0.3 is 40.2 Å². The van der Waals surface area contributed by atoms with E-state index in [1.165, 1.54) is 40.4 Å². The number of phenolic OH excluding ortho intramolecular Hbond substituents is 1. The zero-order chi connectivity index (χ0) is 34.8. The maximum absolute atomic E-state index is 14.2. The average Bonchev–Trinajstić information content (AvgIpc) is 3.16. The molecule has 0 bridgehead atoms. The molecule has 248 valence electrons. The lowest BCUT2D eigenvalue weighted by molar-refractivity contribution is -0.137. The fourth-order valence-corrected chi connectivity index (χ4v) is 7.27. The normalized spacial score (nSPS) is 14.0. The molecule has 0 aromatic heterocycles. The Morgan fingerprint density at radius 3 is 1.92 bits per heavy atom. The van der Waals surface area contributed by atoms with Crippen molar-refractivity contribution in [2.45, 2.75) is 32.6 Å². The third-order valence-corrected chi connectivity index (χ3v) is 8.97. The molecule has 5 N–H and O–H groups in total. The summed E-state index contributed by atoms with van der Waals surface area (Å²) in [6, 6.07) is 2.50. The Balaban J connectivity index is 2.02. The van der Waals surface area contributed by atoms with Gasteiger partial charge in [-0.2, -0.15) is 0 Å². The number of carboxylic acids is 2. The number of phenols is 1. The Morgan fingerprint density at radius 2 is 1.38 bits per heavy atom. The lowest BCUT2D eigenvalue weighted by Crippen LogP contribution is -2.18. The summed E-state index contributed by atoms with van der Waals surface area (Å²) in [5.41, 5.74) is 0.536. The fourth-order valence-electron chi connectivity index (χ4n) is 7.27. The minimum Gasteiger partial charge on any atom is -0.504 e. The van der Waals surface area contributed by atoms with E-state index in [0.29, 0.717) is 38.1 Å². The maximum atomic E-state index is 14.2. The monoisotopic (exact) mass is 656 g/mol. The number of benzene rings is 5. The van der Waals surface area contributed by atoms with Crippen molar-refractivity contribution < 1.29 is 43.9 Å². The van der Waals surface area contributed by atoms with Crippen LogP contribution in [0.15, 0.2) is 27.3 Å². The van der Waals surface area contributed by atoms with E-state index >= 15 is 0 Å². The van der Waals surface area contributed by atoms with Crippen LogP contribution in [0.1, 0.15) is 43.7 Å². The summed E-state index contributed by atoms with van der Waals surface area (Å²) >= 11 is 0. The van der Waals surface area contributed by atoms with E-state index in [4.69, 9.17) is 14.2 Å². The summed E-state index contributed by atoms with van der Waals surface area (Å²) < 4.78 is 17.3. The van der Waals surface area contributed by atoms with Crippen LogP contribution in [0.3, 0.4) is 0 Å². The molecule has 1 aliphatic carbocycles. The molecule has 0 saturated heterocycles. The van der Waals surface area contributed by atoms with Crippen molar-refractivity contribution in [1.82, 2.24) is 0 Å². The van der Waals surface area contributed by atoms with E-state index in [-0.39, 0.29) is 75.5 Å². The summed E-state index contributed by atoms with van der Waals surface area (Å²) in [6.45, 7) is 2.66. The number of fused-ring (bicyclic) bond motifs is 1. The zero-order valence-electron chi connectivity index (χ0n) is 26.7. The lowest BCUT2D eigenvalue weighted by atomic mass is 9.80. The molecule has 0 saturated carbocycles. The quantitative estimate of drug-likeness (QED) is 0.0716. The van der Waals surface area contributed by atoms with Crippen LogP contribution in [0.2, 0.25) is 0 Å². The third-order valence-electron chi connectivity index (χ3n) is 8.97. The minimum absolute atomic E-state index is 0.0933. The van der Waals surface area contributed by atoms with Gasteiger partial charge in [0.2, 0.25) is 0 Å². The van der Waals surface area contributed by atoms with Gasteiger partial charge in [-0.05, 0) is 25.7 Å². The van der Waals surface area contributed by atoms with Crippen molar-refractivity contribution >= 4 is 78.3 Å². The first-order valence-corrected chi connectivity index (χ1v) is 15.0. The predicted molar refractivity (Wildman–Crippen MR) is 181 cm³/mol. The second kappa shape index (κ2) is 11.7. The van der Waals surface area contributed by atoms with Crippen molar-refractivity contribution in [1.29, 1.82) is 0 Å². The van der Waals surface area contributed by atoms with Crippen molar-refractivity contribution in [3.8, 4) is 23.0 Å². The fraction of sp³-hybridized carbons (Fsp3) is 0.286. The Labute approximate surface area is 272 Å².